The second kappa shape index (κ2) is 4.55. The molecule has 76 valence electrons. The highest BCUT2D eigenvalue weighted by molar-refractivity contribution is 5.19. The van der Waals surface area contributed by atoms with E-state index in [9.17, 15) is 0 Å². The van der Waals surface area contributed by atoms with E-state index < -0.39 is 0 Å². The number of aromatic nitrogens is 2. The zero-order chi connectivity index (χ0) is 10.5. The number of rotatable bonds is 3. The molecular weight excluding hydrogens is 188 g/mol. The van der Waals surface area contributed by atoms with Crippen LogP contribution in [0.3, 0.4) is 0 Å². The van der Waals surface area contributed by atoms with Crippen molar-refractivity contribution in [2.45, 2.75) is 13.5 Å². The van der Waals surface area contributed by atoms with Crippen molar-refractivity contribution in [3.05, 3.63) is 54.0 Å². The van der Waals surface area contributed by atoms with E-state index in [2.05, 4.69) is 9.97 Å². The van der Waals surface area contributed by atoms with Gasteiger partial charge in [-0.1, -0.05) is 6.07 Å². The predicted octanol–water partition coefficient (Wildman–Crippen LogP) is 2.36. The van der Waals surface area contributed by atoms with Crippen molar-refractivity contribution in [3.63, 3.8) is 0 Å². The van der Waals surface area contributed by atoms with Gasteiger partial charge >= 0.3 is 0 Å². The molecule has 0 saturated carbocycles. The molecule has 15 heavy (non-hydrogen) atoms. The SMILES string of the molecule is Cc1ccnc(OCc2cccnc2)c1. The molecule has 0 spiro atoms. The maximum absolute atomic E-state index is 5.52. The van der Waals surface area contributed by atoms with Gasteiger partial charge in [0.1, 0.15) is 6.61 Å². The van der Waals surface area contributed by atoms with Crippen LogP contribution in [0.15, 0.2) is 42.9 Å². The zero-order valence-electron chi connectivity index (χ0n) is 8.55. The first-order valence-electron chi connectivity index (χ1n) is 4.79. The van der Waals surface area contributed by atoms with Gasteiger partial charge in [0.25, 0.3) is 0 Å². The van der Waals surface area contributed by atoms with Crippen LogP contribution in [-0.2, 0) is 6.61 Å². The summed E-state index contributed by atoms with van der Waals surface area (Å²) in [4.78, 5) is 8.13. The average Bonchev–Trinajstić information content (AvgIpc) is 2.28. The van der Waals surface area contributed by atoms with Crippen LogP contribution in [0, 0.1) is 6.92 Å². The van der Waals surface area contributed by atoms with Crippen LogP contribution >= 0.6 is 0 Å². The highest BCUT2D eigenvalue weighted by atomic mass is 16.5. The van der Waals surface area contributed by atoms with Crippen molar-refractivity contribution in [1.82, 2.24) is 9.97 Å². The summed E-state index contributed by atoms with van der Waals surface area (Å²) in [7, 11) is 0. The van der Waals surface area contributed by atoms with E-state index in [1.807, 2.05) is 31.2 Å². The first kappa shape index (κ1) is 9.65. The summed E-state index contributed by atoms with van der Waals surface area (Å²) in [6.07, 6.45) is 5.28. The molecule has 0 aliphatic rings. The molecule has 3 nitrogen and oxygen atoms in total. The summed E-state index contributed by atoms with van der Waals surface area (Å²) in [5.74, 6) is 0.652. The Labute approximate surface area is 88.8 Å². The third kappa shape index (κ3) is 2.77. The Morgan fingerprint density at radius 1 is 1.27 bits per heavy atom. The van der Waals surface area contributed by atoms with Gasteiger partial charge in [0.05, 0.1) is 0 Å². The van der Waals surface area contributed by atoms with E-state index in [0.717, 1.165) is 11.1 Å². The van der Waals surface area contributed by atoms with E-state index in [-0.39, 0.29) is 0 Å². The van der Waals surface area contributed by atoms with Crippen LogP contribution < -0.4 is 4.74 Å². The molecule has 0 aliphatic carbocycles. The second-order valence-electron chi connectivity index (χ2n) is 3.32. The molecule has 0 radical (unpaired) electrons. The topological polar surface area (TPSA) is 35.0 Å². The molecule has 0 aromatic carbocycles. The highest BCUT2D eigenvalue weighted by Gasteiger charge is 1.96. The van der Waals surface area contributed by atoms with Gasteiger partial charge in [-0.2, -0.15) is 0 Å². The lowest BCUT2D eigenvalue weighted by atomic mass is 10.3. The molecule has 0 fully saturated rings. The van der Waals surface area contributed by atoms with Gasteiger partial charge in [-0.05, 0) is 24.6 Å². The molecule has 0 bridgehead atoms. The summed E-state index contributed by atoms with van der Waals surface area (Å²) < 4.78 is 5.52. The van der Waals surface area contributed by atoms with Crippen molar-refractivity contribution < 1.29 is 4.74 Å². The van der Waals surface area contributed by atoms with Gasteiger partial charge in [-0.3, -0.25) is 4.98 Å². The van der Waals surface area contributed by atoms with Gasteiger partial charge in [0.2, 0.25) is 5.88 Å². The predicted molar refractivity (Wildman–Crippen MR) is 57.5 cm³/mol. The highest BCUT2D eigenvalue weighted by Crippen LogP contribution is 2.10. The molecule has 0 aliphatic heterocycles. The van der Waals surface area contributed by atoms with Crippen LogP contribution in [-0.4, -0.2) is 9.97 Å². The van der Waals surface area contributed by atoms with Crippen molar-refractivity contribution in [2.75, 3.05) is 0 Å². The fourth-order valence-electron chi connectivity index (χ4n) is 1.23. The summed E-state index contributed by atoms with van der Waals surface area (Å²) in [6.45, 7) is 2.52. The van der Waals surface area contributed by atoms with Crippen molar-refractivity contribution in [2.24, 2.45) is 0 Å². The summed E-state index contributed by atoms with van der Waals surface area (Å²) in [5, 5.41) is 0. The fraction of sp³-hybridized carbons (Fsp3) is 0.167. The lowest BCUT2D eigenvalue weighted by Crippen LogP contribution is -1.97. The van der Waals surface area contributed by atoms with Crippen LogP contribution in [0.1, 0.15) is 11.1 Å². The third-order valence-electron chi connectivity index (χ3n) is 2.00. The first-order chi connectivity index (χ1) is 7.34. The molecular formula is C12H12N2O. The lowest BCUT2D eigenvalue weighted by molar-refractivity contribution is 0.293. The Balaban J connectivity index is 1.99. The molecule has 0 amide bonds. The summed E-state index contributed by atoms with van der Waals surface area (Å²) in [5.41, 5.74) is 2.19. The first-order valence-corrected chi connectivity index (χ1v) is 4.79. The number of ether oxygens (including phenoxy) is 1. The molecule has 2 heterocycles. The maximum atomic E-state index is 5.52. The molecule has 0 N–H and O–H groups in total. The molecule has 3 heteroatoms. The quantitative estimate of drug-likeness (QED) is 0.762. The molecule has 2 aromatic heterocycles. The Hall–Kier alpha value is -1.90. The van der Waals surface area contributed by atoms with E-state index in [1.54, 1.807) is 18.6 Å². The molecule has 2 rings (SSSR count). The van der Waals surface area contributed by atoms with Gasteiger partial charge in [0, 0.05) is 30.2 Å². The third-order valence-corrected chi connectivity index (χ3v) is 2.00. The van der Waals surface area contributed by atoms with E-state index in [4.69, 9.17) is 4.74 Å². The Kier molecular flexibility index (Phi) is 2.93. The van der Waals surface area contributed by atoms with Crippen LogP contribution in [0.2, 0.25) is 0 Å². The number of nitrogens with zero attached hydrogens (tertiary/aromatic N) is 2. The Morgan fingerprint density at radius 3 is 2.93 bits per heavy atom. The molecule has 0 saturated heterocycles. The fourth-order valence-corrected chi connectivity index (χ4v) is 1.23. The summed E-state index contributed by atoms with van der Waals surface area (Å²) in [6, 6.07) is 7.72. The maximum Gasteiger partial charge on any atom is 0.213 e. The van der Waals surface area contributed by atoms with Gasteiger partial charge in [0.15, 0.2) is 0 Å². The van der Waals surface area contributed by atoms with Crippen molar-refractivity contribution >= 4 is 0 Å². The smallest absolute Gasteiger partial charge is 0.213 e. The number of pyridine rings is 2. The molecule has 0 unspecified atom stereocenters. The molecule has 2 aromatic rings. The minimum absolute atomic E-state index is 0.504. The number of hydrogen-bond donors (Lipinski definition) is 0. The number of hydrogen-bond acceptors (Lipinski definition) is 3. The minimum atomic E-state index is 0.504. The normalized spacial score (nSPS) is 9.93. The standard InChI is InChI=1S/C12H12N2O/c1-10-4-6-14-12(7-10)15-9-11-3-2-5-13-8-11/h2-8H,9H2,1H3. The van der Waals surface area contributed by atoms with Crippen molar-refractivity contribution in [1.29, 1.82) is 0 Å². The minimum Gasteiger partial charge on any atom is -0.473 e. The monoisotopic (exact) mass is 200 g/mol. The van der Waals surface area contributed by atoms with Crippen molar-refractivity contribution in [3.8, 4) is 5.88 Å². The van der Waals surface area contributed by atoms with Crippen LogP contribution in [0.25, 0.3) is 0 Å². The summed E-state index contributed by atoms with van der Waals surface area (Å²) >= 11 is 0. The Morgan fingerprint density at radius 2 is 2.20 bits per heavy atom. The van der Waals surface area contributed by atoms with E-state index >= 15 is 0 Å². The lowest BCUT2D eigenvalue weighted by Gasteiger charge is -2.04. The van der Waals surface area contributed by atoms with Gasteiger partial charge in [-0.25, -0.2) is 4.98 Å². The van der Waals surface area contributed by atoms with Gasteiger partial charge in [-0.15, -0.1) is 0 Å². The number of aryl methyl sites for hydroxylation is 1. The second-order valence-corrected chi connectivity index (χ2v) is 3.32. The largest absolute Gasteiger partial charge is 0.473 e. The Bertz CT molecular complexity index is 429. The average molecular weight is 200 g/mol. The van der Waals surface area contributed by atoms with Crippen LogP contribution in [0.4, 0.5) is 0 Å². The van der Waals surface area contributed by atoms with E-state index in [1.165, 1.54) is 0 Å². The van der Waals surface area contributed by atoms with Crippen LogP contribution in [0.5, 0.6) is 5.88 Å². The van der Waals surface area contributed by atoms with E-state index in [0.29, 0.717) is 12.5 Å². The zero-order valence-corrected chi connectivity index (χ0v) is 8.55. The van der Waals surface area contributed by atoms with Gasteiger partial charge < -0.3 is 4.74 Å². The molecule has 0 atom stereocenters.